The summed E-state index contributed by atoms with van der Waals surface area (Å²) in [6, 6.07) is 38.6. The largest absolute Gasteiger partial charge is 0.0616 e. The Kier molecular flexibility index (Phi) is 3.47. The van der Waals surface area contributed by atoms with E-state index in [1.165, 1.54) is 81.7 Å². The highest BCUT2D eigenvalue weighted by Gasteiger charge is 2.23. The van der Waals surface area contributed by atoms with Gasteiger partial charge in [0, 0.05) is 0 Å². The molecule has 0 bridgehead atoms. The molecule has 0 heteroatoms. The number of hydrogen-bond donors (Lipinski definition) is 0. The van der Waals surface area contributed by atoms with Crippen LogP contribution in [0.5, 0.6) is 0 Å². The van der Waals surface area contributed by atoms with Crippen molar-refractivity contribution in [2.75, 3.05) is 0 Å². The molecule has 1 aliphatic rings. The second-order valence-corrected chi connectivity index (χ2v) is 9.55. The Labute approximate surface area is 198 Å². The molecular weight excluding hydrogens is 408 g/mol. The standard InChI is InChI=1S/C34H22/c1-2-22-29-19-31-28-16-8-10-20-9-7-15-27(33(20)28)30(31)17-21(29)18-32-25-13-4-3-11-23(25)24-12-5-6-14-26(24)34(22)32/h3-19H,2H2,1H3. The van der Waals surface area contributed by atoms with Crippen LogP contribution in [0.25, 0.3) is 76.1 Å². The van der Waals surface area contributed by atoms with E-state index in [4.69, 9.17) is 0 Å². The van der Waals surface area contributed by atoms with Crippen LogP contribution in [-0.2, 0) is 6.42 Å². The van der Waals surface area contributed by atoms with E-state index < -0.39 is 0 Å². The van der Waals surface area contributed by atoms with E-state index in [0.29, 0.717) is 0 Å². The van der Waals surface area contributed by atoms with Gasteiger partial charge in [0.25, 0.3) is 0 Å². The van der Waals surface area contributed by atoms with Gasteiger partial charge in [0.1, 0.15) is 0 Å². The summed E-state index contributed by atoms with van der Waals surface area (Å²) in [5, 5.41) is 13.6. The molecule has 158 valence electrons. The zero-order valence-electron chi connectivity index (χ0n) is 19.0. The van der Waals surface area contributed by atoms with E-state index in [-0.39, 0.29) is 0 Å². The quantitative estimate of drug-likeness (QED) is 0.180. The van der Waals surface area contributed by atoms with Gasteiger partial charge in [-0.15, -0.1) is 0 Å². The molecule has 0 aromatic heterocycles. The van der Waals surface area contributed by atoms with Gasteiger partial charge in [-0.3, -0.25) is 0 Å². The topological polar surface area (TPSA) is 0 Å². The fourth-order valence-corrected chi connectivity index (χ4v) is 6.53. The molecule has 0 fully saturated rings. The number of rotatable bonds is 1. The van der Waals surface area contributed by atoms with Crippen molar-refractivity contribution < 1.29 is 0 Å². The minimum atomic E-state index is 1.01. The van der Waals surface area contributed by atoms with Gasteiger partial charge in [0.05, 0.1) is 0 Å². The van der Waals surface area contributed by atoms with Gasteiger partial charge in [-0.25, -0.2) is 0 Å². The Morgan fingerprint density at radius 1 is 0.412 bits per heavy atom. The lowest BCUT2D eigenvalue weighted by Crippen LogP contribution is -1.92. The van der Waals surface area contributed by atoms with Crippen LogP contribution in [0.3, 0.4) is 0 Å². The second-order valence-electron chi connectivity index (χ2n) is 9.55. The third kappa shape index (κ3) is 2.18. The SMILES string of the molecule is CCc1c2cc3c(cc2cc2c4ccccc4c4ccccc4c12)-c1cccc2cccc-3c12. The first-order chi connectivity index (χ1) is 16.8. The Hall–Kier alpha value is -4.16. The maximum Gasteiger partial charge on any atom is -0.00264 e. The molecule has 7 aromatic rings. The van der Waals surface area contributed by atoms with E-state index in [1.807, 2.05) is 0 Å². The molecule has 0 radical (unpaired) electrons. The highest BCUT2D eigenvalue weighted by atomic mass is 14.3. The van der Waals surface area contributed by atoms with Crippen LogP contribution in [-0.4, -0.2) is 0 Å². The Balaban J connectivity index is 1.61. The molecule has 0 heterocycles. The van der Waals surface area contributed by atoms with Crippen molar-refractivity contribution >= 4 is 53.9 Å². The highest BCUT2D eigenvalue weighted by Crippen LogP contribution is 2.50. The highest BCUT2D eigenvalue weighted by molar-refractivity contribution is 6.29. The molecular formula is C34H22. The van der Waals surface area contributed by atoms with Crippen molar-refractivity contribution in [3.05, 3.63) is 109 Å². The number of fused-ring (bicyclic) bond motifs is 10. The van der Waals surface area contributed by atoms with Crippen molar-refractivity contribution in [2.45, 2.75) is 13.3 Å². The first kappa shape index (κ1) is 18.3. The van der Waals surface area contributed by atoms with E-state index in [2.05, 4.69) is 110 Å². The summed E-state index contributed by atoms with van der Waals surface area (Å²) in [5.74, 6) is 0. The maximum atomic E-state index is 2.47. The van der Waals surface area contributed by atoms with Crippen molar-refractivity contribution in [3.8, 4) is 22.3 Å². The monoisotopic (exact) mass is 430 g/mol. The summed E-state index contributed by atoms with van der Waals surface area (Å²) in [6.45, 7) is 2.31. The average Bonchev–Trinajstić information content (AvgIpc) is 3.21. The molecule has 7 aromatic carbocycles. The molecule has 1 aliphatic carbocycles. The minimum Gasteiger partial charge on any atom is -0.0616 e. The van der Waals surface area contributed by atoms with Crippen LogP contribution in [0.15, 0.2) is 103 Å². The number of aryl methyl sites for hydroxylation is 1. The summed E-state index contributed by atoms with van der Waals surface area (Å²) in [7, 11) is 0. The summed E-state index contributed by atoms with van der Waals surface area (Å²) in [6.07, 6.45) is 1.01. The zero-order valence-corrected chi connectivity index (χ0v) is 19.0. The van der Waals surface area contributed by atoms with E-state index in [0.717, 1.165) is 6.42 Å². The molecule has 0 aliphatic heterocycles. The van der Waals surface area contributed by atoms with Crippen LogP contribution >= 0.6 is 0 Å². The molecule has 0 unspecified atom stereocenters. The summed E-state index contributed by atoms with van der Waals surface area (Å²) in [4.78, 5) is 0. The van der Waals surface area contributed by atoms with Gasteiger partial charge < -0.3 is 0 Å². The first-order valence-electron chi connectivity index (χ1n) is 12.2. The average molecular weight is 431 g/mol. The molecule has 8 rings (SSSR count). The van der Waals surface area contributed by atoms with Crippen LogP contribution in [0.4, 0.5) is 0 Å². The fourth-order valence-electron chi connectivity index (χ4n) is 6.53. The van der Waals surface area contributed by atoms with Gasteiger partial charge in [-0.2, -0.15) is 0 Å². The minimum absolute atomic E-state index is 1.01. The predicted molar refractivity (Wildman–Crippen MR) is 148 cm³/mol. The van der Waals surface area contributed by atoms with Gasteiger partial charge in [-0.05, 0) is 106 Å². The summed E-state index contributed by atoms with van der Waals surface area (Å²) < 4.78 is 0. The lowest BCUT2D eigenvalue weighted by molar-refractivity contribution is 1.18. The molecule has 0 atom stereocenters. The predicted octanol–water partition coefficient (Wildman–Crippen LogP) is 9.66. The van der Waals surface area contributed by atoms with Crippen molar-refractivity contribution in [3.63, 3.8) is 0 Å². The van der Waals surface area contributed by atoms with Crippen molar-refractivity contribution in [1.82, 2.24) is 0 Å². The fraction of sp³-hybridized carbons (Fsp3) is 0.0588. The van der Waals surface area contributed by atoms with Gasteiger partial charge in [0.15, 0.2) is 0 Å². The molecule has 0 nitrogen and oxygen atoms in total. The summed E-state index contributed by atoms with van der Waals surface area (Å²) in [5.41, 5.74) is 6.94. The second kappa shape index (κ2) is 6.46. The van der Waals surface area contributed by atoms with Crippen molar-refractivity contribution in [2.24, 2.45) is 0 Å². The maximum absolute atomic E-state index is 2.47. The van der Waals surface area contributed by atoms with Crippen molar-refractivity contribution in [1.29, 1.82) is 0 Å². The molecule has 0 N–H and O–H groups in total. The summed E-state index contributed by atoms with van der Waals surface area (Å²) >= 11 is 0. The van der Waals surface area contributed by atoms with E-state index in [1.54, 1.807) is 0 Å². The number of hydrogen-bond acceptors (Lipinski definition) is 0. The van der Waals surface area contributed by atoms with Gasteiger partial charge in [0.2, 0.25) is 0 Å². The Morgan fingerprint density at radius 3 is 1.68 bits per heavy atom. The first-order valence-corrected chi connectivity index (χ1v) is 12.2. The Morgan fingerprint density at radius 2 is 1.00 bits per heavy atom. The van der Waals surface area contributed by atoms with Crippen LogP contribution < -0.4 is 0 Å². The molecule has 0 saturated carbocycles. The zero-order chi connectivity index (χ0) is 22.4. The lowest BCUT2D eigenvalue weighted by Gasteiger charge is -2.17. The molecule has 0 amide bonds. The third-order valence-corrected chi connectivity index (χ3v) is 7.93. The van der Waals surface area contributed by atoms with Crippen LogP contribution in [0.1, 0.15) is 12.5 Å². The number of benzene rings is 7. The third-order valence-electron chi connectivity index (χ3n) is 7.93. The van der Waals surface area contributed by atoms with E-state index >= 15 is 0 Å². The Bertz CT molecular complexity index is 1980. The smallest absolute Gasteiger partial charge is 0.00264 e. The normalized spacial score (nSPS) is 12.4. The van der Waals surface area contributed by atoms with Crippen LogP contribution in [0.2, 0.25) is 0 Å². The lowest BCUT2D eigenvalue weighted by atomic mass is 9.86. The van der Waals surface area contributed by atoms with E-state index in [9.17, 15) is 0 Å². The van der Waals surface area contributed by atoms with Gasteiger partial charge in [-0.1, -0.05) is 91.9 Å². The molecule has 0 saturated heterocycles. The van der Waals surface area contributed by atoms with Crippen LogP contribution in [0, 0.1) is 0 Å². The molecule has 34 heavy (non-hydrogen) atoms. The molecule has 0 spiro atoms. The van der Waals surface area contributed by atoms with Gasteiger partial charge >= 0.3 is 0 Å².